The van der Waals surface area contributed by atoms with Gasteiger partial charge in [-0.3, -0.25) is 4.98 Å². The van der Waals surface area contributed by atoms with Gasteiger partial charge in [0.1, 0.15) is 5.69 Å². The van der Waals surface area contributed by atoms with Crippen molar-refractivity contribution in [3.8, 4) is 0 Å². The zero-order chi connectivity index (χ0) is 15.5. The molecule has 2 aromatic rings. The van der Waals surface area contributed by atoms with Gasteiger partial charge in [-0.1, -0.05) is 13.0 Å². The highest BCUT2D eigenvalue weighted by molar-refractivity contribution is 5.65. The molecule has 0 saturated carbocycles. The van der Waals surface area contributed by atoms with Crippen LogP contribution < -0.4 is 11.1 Å². The molecule has 4 nitrogen and oxygen atoms in total. The molecule has 7 heteroatoms. The van der Waals surface area contributed by atoms with Crippen LogP contribution in [0.25, 0.3) is 0 Å². The fourth-order valence-electron chi connectivity index (χ4n) is 1.91. The molecule has 0 spiro atoms. The fourth-order valence-corrected chi connectivity index (χ4v) is 1.91. The number of aryl methyl sites for hydroxylation is 1. The van der Waals surface area contributed by atoms with Crippen molar-refractivity contribution in [3.05, 3.63) is 47.5 Å². The molecule has 2 aromatic heterocycles. The summed E-state index contributed by atoms with van der Waals surface area (Å²) in [4.78, 5) is 7.52. The maximum atomic E-state index is 12.6. The van der Waals surface area contributed by atoms with E-state index in [4.69, 9.17) is 5.73 Å². The fraction of sp³-hybridized carbons (Fsp3) is 0.286. The summed E-state index contributed by atoms with van der Waals surface area (Å²) in [6, 6.07) is 4.66. The lowest BCUT2D eigenvalue weighted by Gasteiger charge is -2.13. The van der Waals surface area contributed by atoms with Crippen LogP contribution in [0.2, 0.25) is 0 Å². The molecule has 0 saturated heterocycles. The highest BCUT2D eigenvalue weighted by Crippen LogP contribution is 2.31. The minimum Gasteiger partial charge on any atom is -0.396 e. The van der Waals surface area contributed by atoms with Gasteiger partial charge in [-0.15, -0.1) is 0 Å². The lowest BCUT2D eigenvalue weighted by molar-refractivity contribution is -0.141. The van der Waals surface area contributed by atoms with Gasteiger partial charge < -0.3 is 11.1 Å². The number of nitrogen functional groups attached to an aromatic ring is 1. The minimum absolute atomic E-state index is 0.164. The Labute approximate surface area is 120 Å². The first-order valence-electron chi connectivity index (χ1n) is 6.41. The molecule has 0 fully saturated rings. The predicted molar refractivity (Wildman–Crippen MR) is 74.6 cm³/mol. The molecule has 112 valence electrons. The number of rotatable bonds is 4. The summed E-state index contributed by atoms with van der Waals surface area (Å²) < 4.78 is 37.9. The lowest BCUT2D eigenvalue weighted by atomic mass is 10.1. The number of halogens is 3. The number of aromatic nitrogens is 2. The maximum absolute atomic E-state index is 12.6. The SMILES string of the molecule is CCc1cccnc1CNc1cc(C(F)(F)F)ncc1N. The number of hydrogen-bond donors (Lipinski definition) is 2. The zero-order valence-corrected chi connectivity index (χ0v) is 11.4. The first-order chi connectivity index (χ1) is 9.91. The summed E-state index contributed by atoms with van der Waals surface area (Å²) in [6.45, 7) is 2.29. The summed E-state index contributed by atoms with van der Waals surface area (Å²) in [5, 5.41) is 2.89. The van der Waals surface area contributed by atoms with Crippen LogP contribution in [-0.4, -0.2) is 9.97 Å². The molecule has 21 heavy (non-hydrogen) atoms. The van der Waals surface area contributed by atoms with Gasteiger partial charge in [0.2, 0.25) is 0 Å². The topological polar surface area (TPSA) is 63.8 Å². The molecule has 0 radical (unpaired) electrons. The Morgan fingerprint density at radius 2 is 2.05 bits per heavy atom. The third-order valence-corrected chi connectivity index (χ3v) is 3.04. The highest BCUT2D eigenvalue weighted by Gasteiger charge is 2.32. The number of pyridine rings is 2. The third kappa shape index (κ3) is 3.62. The van der Waals surface area contributed by atoms with E-state index in [0.29, 0.717) is 6.54 Å². The highest BCUT2D eigenvalue weighted by atomic mass is 19.4. The van der Waals surface area contributed by atoms with Gasteiger partial charge in [-0.05, 0) is 24.1 Å². The van der Waals surface area contributed by atoms with Gasteiger partial charge in [0.25, 0.3) is 0 Å². The second-order valence-electron chi connectivity index (χ2n) is 4.47. The average molecular weight is 296 g/mol. The molecule has 0 amide bonds. The van der Waals surface area contributed by atoms with Gasteiger partial charge >= 0.3 is 6.18 Å². The lowest BCUT2D eigenvalue weighted by Crippen LogP contribution is -2.11. The Morgan fingerprint density at radius 1 is 1.29 bits per heavy atom. The van der Waals surface area contributed by atoms with Crippen molar-refractivity contribution in [1.82, 2.24) is 9.97 Å². The molecule has 2 heterocycles. The number of nitrogens with zero attached hydrogens (tertiary/aromatic N) is 2. The number of nitrogens with one attached hydrogen (secondary N) is 1. The van der Waals surface area contributed by atoms with Crippen LogP contribution in [0.4, 0.5) is 24.5 Å². The van der Waals surface area contributed by atoms with Crippen molar-refractivity contribution < 1.29 is 13.2 Å². The van der Waals surface area contributed by atoms with Crippen molar-refractivity contribution in [2.45, 2.75) is 26.1 Å². The summed E-state index contributed by atoms with van der Waals surface area (Å²) in [7, 11) is 0. The van der Waals surface area contributed by atoms with Crippen LogP contribution in [0.15, 0.2) is 30.6 Å². The van der Waals surface area contributed by atoms with Crippen LogP contribution in [0.5, 0.6) is 0 Å². The maximum Gasteiger partial charge on any atom is 0.433 e. The Kier molecular flexibility index (Phi) is 4.30. The van der Waals surface area contributed by atoms with E-state index in [9.17, 15) is 13.2 Å². The van der Waals surface area contributed by atoms with Gasteiger partial charge in [-0.2, -0.15) is 13.2 Å². The molecule has 0 aliphatic rings. The van der Waals surface area contributed by atoms with Gasteiger partial charge in [0, 0.05) is 6.20 Å². The molecule has 2 rings (SSSR count). The number of hydrogen-bond acceptors (Lipinski definition) is 4. The van der Waals surface area contributed by atoms with Crippen LogP contribution in [-0.2, 0) is 19.1 Å². The van der Waals surface area contributed by atoms with E-state index in [1.807, 2.05) is 19.1 Å². The molecule has 0 unspecified atom stereocenters. The van der Waals surface area contributed by atoms with Crippen LogP contribution in [0.3, 0.4) is 0 Å². The van der Waals surface area contributed by atoms with Crippen molar-refractivity contribution in [3.63, 3.8) is 0 Å². The normalized spacial score (nSPS) is 11.4. The van der Waals surface area contributed by atoms with Crippen LogP contribution in [0.1, 0.15) is 23.9 Å². The van der Waals surface area contributed by atoms with Gasteiger partial charge in [0.05, 0.1) is 29.8 Å². The second kappa shape index (κ2) is 5.99. The summed E-state index contributed by atoms with van der Waals surface area (Å²) in [6.07, 6.45) is -1.05. The Balaban J connectivity index is 2.20. The molecule has 0 aliphatic carbocycles. The molecule has 0 aliphatic heterocycles. The van der Waals surface area contributed by atoms with Crippen LogP contribution in [0, 0.1) is 0 Å². The molecule has 0 bridgehead atoms. The van der Waals surface area contributed by atoms with Gasteiger partial charge in [-0.25, -0.2) is 4.98 Å². The summed E-state index contributed by atoms with van der Waals surface area (Å²) in [5.74, 6) is 0. The van der Waals surface area contributed by atoms with E-state index in [0.717, 1.165) is 29.9 Å². The van der Waals surface area contributed by atoms with E-state index < -0.39 is 11.9 Å². The van der Waals surface area contributed by atoms with Crippen LogP contribution >= 0.6 is 0 Å². The molecule has 0 atom stereocenters. The number of nitrogens with two attached hydrogens (primary N) is 1. The van der Waals surface area contributed by atoms with E-state index >= 15 is 0 Å². The second-order valence-corrected chi connectivity index (χ2v) is 4.47. The average Bonchev–Trinajstić information content (AvgIpc) is 2.45. The van der Waals surface area contributed by atoms with E-state index in [-0.39, 0.29) is 11.4 Å². The van der Waals surface area contributed by atoms with Crippen molar-refractivity contribution >= 4 is 11.4 Å². The number of anilines is 2. The zero-order valence-electron chi connectivity index (χ0n) is 11.4. The predicted octanol–water partition coefficient (Wildman–Crippen LogP) is 3.25. The molecular weight excluding hydrogens is 281 g/mol. The summed E-state index contributed by atoms with van der Waals surface area (Å²) >= 11 is 0. The van der Waals surface area contributed by atoms with Gasteiger partial charge in [0.15, 0.2) is 0 Å². The Morgan fingerprint density at radius 3 is 2.71 bits per heavy atom. The van der Waals surface area contributed by atoms with Crippen molar-refractivity contribution in [1.29, 1.82) is 0 Å². The number of alkyl halides is 3. The standard InChI is InChI=1S/C14H15F3N4/c1-2-9-4-3-5-19-12(9)8-20-11-6-13(14(15,16)17)21-7-10(11)18/h3-7H,2,8,18H2,1H3,(H,20,21). The first kappa shape index (κ1) is 15.1. The third-order valence-electron chi connectivity index (χ3n) is 3.04. The Bertz CT molecular complexity index is 626. The minimum atomic E-state index is -4.50. The monoisotopic (exact) mass is 296 g/mol. The van der Waals surface area contributed by atoms with E-state index in [2.05, 4.69) is 15.3 Å². The Hall–Kier alpha value is -2.31. The first-order valence-corrected chi connectivity index (χ1v) is 6.41. The molecule has 3 N–H and O–H groups in total. The van der Waals surface area contributed by atoms with Crippen molar-refractivity contribution in [2.75, 3.05) is 11.1 Å². The molecule has 0 aromatic carbocycles. The largest absolute Gasteiger partial charge is 0.433 e. The quantitative estimate of drug-likeness (QED) is 0.909. The smallest absolute Gasteiger partial charge is 0.396 e. The van der Waals surface area contributed by atoms with E-state index in [1.54, 1.807) is 6.20 Å². The van der Waals surface area contributed by atoms with Crippen molar-refractivity contribution in [2.24, 2.45) is 0 Å². The van der Waals surface area contributed by atoms with E-state index in [1.165, 1.54) is 0 Å². The molecular formula is C14H15F3N4. The summed E-state index contributed by atoms with van der Waals surface area (Å²) in [5.41, 5.74) is 6.86.